The van der Waals surface area contributed by atoms with Gasteiger partial charge in [-0.1, -0.05) is 6.07 Å². The van der Waals surface area contributed by atoms with Gasteiger partial charge in [-0.2, -0.15) is 5.10 Å². The summed E-state index contributed by atoms with van der Waals surface area (Å²) in [5.74, 6) is -0.256. The SMILES string of the molecule is CN(C)Cc1csc(CNCc2cnn(-c3cccc(F)c3)c2)c1. The first-order valence-corrected chi connectivity index (χ1v) is 8.69. The minimum absolute atomic E-state index is 0.256. The molecule has 0 unspecified atom stereocenters. The monoisotopic (exact) mass is 344 g/mol. The molecule has 4 nitrogen and oxygen atoms in total. The molecule has 126 valence electrons. The summed E-state index contributed by atoms with van der Waals surface area (Å²) >= 11 is 1.78. The van der Waals surface area contributed by atoms with E-state index >= 15 is 0 Å². The van der Waals surface area contributed by atoms with Crippen LogP contribution in [0, 0.1) is 5.82 Å². The van der Waals surface area contributed by atoms with Gasteiger partial charge in [-0.3, -0.25) is 0 Å². The first kappa shape index (κ1) is 16.8. The third-order valence-corrected chi connectivity index (χ3v) is 4.53. The van der Waals surface area contributed by atoms with Crippen LogP contribution in [0.4, 0.5) is 4.39 Å². The van der Waals surface area contributed by atoms with E-state index in [1.165, 1.54) is 22.6 Å². The maximum absolute atomic E-state index is 13.3. The highest BCUT2D eigenvalue weighted by molar-refractivity contribution is 7.10. The van der Waals surface area contributed by atoms with Crippen molar-refractivity contribution < 1.29 is 4.39 Å². The smallest absolute Gasteiger partial charge is 0.125 e. The van der Waals surface area contributed by atoms with Gasteiger partial charge in [0.05, 0.1) is 11.9 Å². The summed E-state index contributed by atoms with van der Waals surface area (Å²) < 4.78 is 15.0. The van der Waals surface area contributed by atoms with Crippen LogP contribution in [0.5, 0.6) is 0 Å². The van der Waals surface area contributed by atoms with E-state index in [4.69, 9.17) is 0 Å². The molecule has 0 saturated heterocycles. The molecule has 0 aliphatic heterocycles. The number of hydrogen-bond donors (Lipinski definition) is 1. The molecular weight excluding hydrogens is 323 g/mol. The van der Waals surface area contributed by atoms with Crippen molar-refractivity contribution in [2.45, 2.75) is 19.6 Å². The van der Waals surface area contributed by atoms with Gasteiger partial charge in [-0.15, -0.1) is 11.3 Å². The van der Waals surface area contributed by atoms with Crippen LogP contribution in [0.1, 0.15) is 16.0 Å². The largest absolute Gasteiger partial charge is 0.308 e. The average Bonchev–Trinajstić information content (AvgIpc) is 3.17. The second-order valence-electron chi connectivity index (χ2n) is 6.04. The lowest BCUT2D eigenvalue weighted by atomic mass is 10.3. The molecule has 24 heavy (non-hydrogen) atoms. The van der Waals surface area contributed by atoms with E-state index in [0.717, 1.165) is 30.9 Å². The molecule has 0 amide bonds. The summed E-state index contributed by atoms with van der Waals surface area (Å²) in [5.41, 5.74) is 3.15. The lowest BCUT2D eigenvalue weighted by Crippen LogP contribution is -2.12. The average molecular weight is 344 g/mol. The Balaban J connectivity index is 1.53. The minimum atomic E-state index is -0.256. The summed E-state index contributed by atoms with van der Waals surface area (Å²) in [6, 6.07) is 8.68. The van der Waals surface area contributed by atoms with Crippen molar-refractivity contribution in [1.29, 1.82) is 0 Å². The van der Waals surface area contributed by atoms with Crippen molar-refractivity contribution in [3.8, 4) is 5.69 Å². The minimum Gasteiger partial charge on any atom is -0.308 e. The molecule has 1 aromatic carbocycles. The van der Waals surface area contributed by atoms with E-state index in [1.807, 2.05) is 18.5 Å². The van der Waals surface area contributed by atoms with Gasteiger partial charge in [0.1, 0.15) is 5.82 Å². The molecule has 0 spiro atoms. The molecule has 0 aliphatic rings. The fourth-order valence-corrected chi connectivity index (χ4v) is 3.36. The first-order chi connectivity index (χ1) is 11.6. The molecule has 3 rings (SSSR count). The first-order valence-electron chi connectivity index (χ1n) is 7.81. The maximum atomic E-state index is 13.3. The van der Waals surface area contributed by atoms with Crippen molar-refractivity contribution in [2.24, 2.45) is 0 Å². The van der Waals surface area contributed by atoms with Gasteiger partial charge in [0.2, 0.25) is 0 Å². The zero-order valence-electron chi connectivity index (χ0n) is 13.9. The Bertz CT molecular complexity index is 794. The molecule has 0 radical (unpaired) electrons. The van der Waals surface area contributed by atoms with Crippen LogP contribution in [0.3, 0.4) is 0 Å². The van der Waals surface area contributed by atoms with Crippen LogP contribution >= 0.6 is 11.3 Å². The van der Waals surface area contributed by atoms with E-state index in [2.05, 4.69) is 40.9 Å². The van der Waals surface area contributed by atoms with Gasteiger partial charge in [0.15, 0.2) is 0 Å². The summed E-state index contributed by atoms with van der Waals surface area (Å²) in [4.78, 5) is 3.49. The highest BCUT2D eigenvalue weighted by Crippen LogP contribution is 2.16. The molecule has 2 heterocycles. The fraction of sp³-hybridized carbons (Fsp3) is 0.278. The molecule has 0 bridgehead atoms. The number of aromatic nitrogens is 2. The zero-order chi connectivity index (χ0) is 16.9. The second-order valence-corrected chi connectivity index (χ2v) is 7.03. The Hall–Kier alpha value is -2.02. The summed E-state index contributed by atoms with van der Waals surface area (Å²) in [5, 5.41) is 9.93. The van der Waals surface area contributed by atoms with E-state index in [9.17, 15) is 4.39 Å². The van der Waals surface area contributed by atoms with Crippen molar-refractivity contribution in [2.75, 3.05) is 14.1 Å². The Morgan fingerprint density at radius 2 is 2.08 bits per heavy atom. The molecule has 6 heteroatoms. The number of benzene rings is 1. The van der Waals surface area contributed by atoms with Gasteiger partial charge in [-0.25, -0.2) is 9.07 Å². The number of nitrogens with zero attached hydrogens (tertiary/aromatic N) is 3. The number of thiophene rings is 1. The van der Waals surface area contributed by atoms with Crippen molar-refractivity contribution in [1.82, 2.24) is 20.0 Å². The molecule has 0 saturated carbocycles. The highest BCUT2D eigenvalue weighted by atomic mass is 32.1. The van der Waals surface area contributed by atoms with Crippen LogP contribution in [-0.4, -0.2) is 28.8 Å². The standard InChI is InChI=1S/C18H21FN4S/c1-22(2)11-14-6-18(24-13-14)10-20-8-15-9-21-23(12-15)17-5-3-4-16(19)7-17/h3-7,9,12-13,20H,8,10-11H2,1-2H3. The van der Waals surface area contributed by atoms with E-state index in [0.29, 0.717) is 0 Å². The normalized spacial score (nSPS) is 11.3. The van der Waals surface area contributed by atoms with E-state index < -0.39 is 0 Å². The van der Waals surface area contributed by atoms with Crippen LogP contribution in [0.25, 0.3) is 5.69 Å². The Kier molecular flexibility index (Phi) is 5.40. The number of rotatable bonds is 7. The van der Waals surface area contributed by atoms with Crippen LogP contribution < -0.4 is 5.32 Å². The van der Waals surface area contributed by atoms with Gasteiger partial charge in [0, 0.05) is 36.3 Å². The van der Waals surface area contributed by atoms with Gasteiger partial charge < -0.3 is 10.2 Å². The molecule has 0 aliphatic carbocycles. The van der Waals surface area contributed by atoms with Crippen LogP contribution in [0.2, 0.25) is 0 Å². The summed E-state index contributed by atoms with van der Waals surface area (Å²) in [6.07, 6.45) is 3.73. The van der Waals surface area contributed by atoms with E-state index in [1.54, 1.807) is 22.1 Å². The third kappa shape index (κ3) is 4.50. The Morgan fingerprint density at radius 1 is 1.21 bits per heavy atom. The number of nitrogens with one attached hydrogen (secondary N) is 1. The number of halogens is 1. The molecule has 2 aromatic heterocycles. The van der Waals surface area contributed by atoms with Crippen molar-refractivity contribution in [3.63, 3.8) is 0 Å². The number of hydrogen-bond acceptors (Lipinski definition) is 4. The molecule has 1 N–H and O–H groups in total. The predicted octanol–water partition coefficient (Wildman–Crippen LogP) is 3.42. The van der Waals surface area contributed by atoms with Gasteiger partial charge >= 0.3 is 0 Å². The molecule has 0 fully saturated rings. The zero-order valence-corrected chi connectivity index (χ0v) is 14.7. The lowest BCUT2D eigenvalue weighted by molar-refractivity contribution is 0.403. The molecular formula is C18H21FN4S. The van der Waals surface area contributed by atoms with E-state index in [-0.39, 0.29) is 5.82 Å². The Morgan fingerprint density at radius 3 is 2.88 bits per heavy atom. The topological polar surface area (TPSA) is 33.1 Å². The fourth-order valence-electron chi connectivity index (χ4n) is 2.51. The Labute approximate surface area is 145 Å². The van der Waals surface area contributed by atoms with Crippen LogP contribution in [-0.2, 0) is 19.6 Å². The lowest BCUT2D eigenvalue weighted by Gasteiger charge is -2.06. The highest BCUT2D eigenvalue weighted by Gasteiger charge is 2.04. The van der Waals surface area contributed by atoms with Crippen molar-refractivity contribution in [3.05, 3.63) is 69.9 Å². The summed E-state index contributed by atoms with van der Waals surface area (Å²) in [6.45, 7) is 2.54. The quantitative estimate of drug-likeness (QED) is 0.713. The van der Waals surface area contributed by atoms with Crippen molar-refractivity contribution >= 4 is 11.3 Å². The second kappa shape index (κ2) is 7.70. The van der Waals surface area contributed by atoms with Gasteiger partial charge in [-0.05, 0) is 49.3 Å². The molecule has 0 atom stereocenters. The maximum Gasteiger partial charge on any atom is 0.125 e. The summed E-state index contributed by atoms with van der Waals surface area (Å²) in [7, 11) is 4.15. The van der Waals surface area contributed by atoms with Gasteiger partial charge in [0.25, 0.3) is 0 Å². The predicted molar refractivity (Wildman–Crippen MR) is 95.8 cm³/mol. The molecule has 3 aromatic rings. The third-order valence-electron chi connectivity index (χ3n) is 3.54. The van der Waals surface area contributed by atoms with Crippen LogP contribution in [0.15, 0.2) is 48.1 Å².